The number of carbonyl (C=O) groups excluding carboxylic acids is 2. The summed E-state index contributed by atoms with van der Waals surface area (Å²) in [7, 11) is 3.39. The van der Waals surface area contributed by atoms with E-state index >= 15 is 0 Å². The third-order valence-electron chi connectivity index (χ3n) is 3.28. The fraction of sp³-hybridized carbons (Fsp3) is 0.250. The van der Waals surface area contributed by atoms with Gasteiger partial charge in [0, 0.05) is 19.8 Å². The van der Waals surface area contributed by atoms with Crippen molar-refractivity contribution in [1.29, 1.82) is 0 Å². The Kier molecular flexibility index (Phi) is 4.77. The molecule has 0 aromatic heterocycles. The van der Waals surface area contributed by atoms with Crippen LogP contribution in [0.15, 0.2) is 42.5 Å². The summed E-state index contributed by atoms with van der Waals surface area (Å²) in [5, 5.41) is 7.33. The highest BCUT2D eigenvalue weighted by Crippen LogP contribution is 2.20. The van der Waals surface area contributed by atoms with Crippen molar-refractivity contribution >= 4 is 28.3 Å². The highest BCUT2D eigenvalue weighted by atomic mass is 16.2. The Morgan fingerprint density at radius 3 is 2.48 bits per heavy atom. The molecule has 0 fully saturated rings. The van der Waals surface area contributed by atoms with Crippen LogP contribution >= 0.6 is 0 Å². The minimum absolute atomic E-state index is 0.000887. The molecule has 5 heteroatoms. The van der Waals surface area contributed by atoms with Gasteiger partial charge in [0.05, 0.1) is 13.1 Å². The summed E-state index contributed by atoms with van der Waals surface area (Å²) < 4.78 is 0. The molecule has 0 radical (unpaired) electrons. The maximum atomic E-state index is 11.8. The second kappa shape index (κ2) is 6.74. The molecule has 2 rings (SSSR count). The molecule has 0 aliphatic rings. The molecule has 0 atom stereocenters. The number of hydrogen-bond acceptors (Lipinski definition) is 3. The molecule has 0 aliphatic carbocycles. The summed E-state index contributed by atoms with van der Waals surface area (Å²) >= 11 is 0. The normalized spacial score (nSPS) is 10.2. The van der Waals surface area contributed by atoms with Gasteiger partial charge >= 0.3 is 0 Å². The van der Waals surface area contributed by atoms with Crippen LogP contribution in [0.3, 0.4) is 0 Å². The van der Waals surface area contributed by atoms with E-state index in [1.807, 2.05) is 48.3 Å². The summed E-state index contributed by atoms with van der Waals surface area (Å²) in [5.41, 5.74) is 0.962. The molecule has 0 heterocycles. The first-order chi connectivity index (χ1) is 10.1. The largest absolute Gasteiger partial charge is 0.365 e. The maximum Gasteiger partial charge on any atom is 0.239 e. The summed E-state index contributed by atoms with van der Waals surface area (Å²) in [5.74, 6) is -0.397. The van der Waals surface area contributed by atoms with Gasteiger partial charge in [-0.2, -0.15) is 0 Å². The van der Waals surface area contributed by atoms with E-state index in [4.69, 9.17) is 0 Å². The smallest absolute Gasteiger partial charge is 0.239 e. The second-order valence-corrected chi connectivity index (χ2v) is 4.84. The Morgan fingerprint density at radius 1 is 1.05 bits per heavy atom. The first-order valence-corrected chi connectivity index (χ1v) is 6.77. The molecule has 0 unspecified atom stereocenters. The number of rotatable bonds is 5. The summed E-state index contributed by atoms with van der Waals surface area (Å²) in [4.78, 5) is 24.7. The number of benzene rings is 2. The molecule has 110 valence electrons. The summed E-state index contributed by atoms with van der Waals surface area (Å²) in [6.07, 6.45) is 0. The van der Waals surface area contributed by atoms with E-state index in [0.717, 1.165) is 11.1 Å². The number of hydrogen-bond donors (Lipinski definition) is 2. The number of amides is 2. The molecule has 2 aromatic rings. The van der Waals surface area contributed by atoms with Crippen LogP contribution in [-0.2, 0) is 9.59 Å². The van der Waals surface area contributed by atoms with Gasteiger partial charge < -0.3 is 15.5 Å². The molecule has 2 aromatic carbocycles. The third-order valence-corrected chi connectivity index (χ3v) is 3.28. The van der Waals surface area contributed by atoms with Crippen molar-refractivity contribution < 1.29 is 9.59 Å². The van der Waals surface area contributed by atoms with Crippen LogP contribution < -0.4 is 15.5 Å². The molecule has 0 saturated carbocycles. The van der Waals surface area contributed by atoms with Crippen LogP contribution in [-0.4, -0.2) is 39.0 Å². The van der Waals surface area contributed by atoms with Gasteiger partial charge in [-0.25, -0.2) is 0 Å². The van der Waals surface area contributed by atoms with Gasteiger partial charge in [0.1, 0.15) is 0 Å². The predicted molar refractivity (Wildman–Crippen MR) is 84.3 cm³/mol. The molecule has 0 saturated heterocycles. The lowest BCUT2D eigenvalue weighted by atomic mass is 10.1. The number of nitrogens with one attached hydrogen (secondary N) is 2. The average Bonchev–Trinajstić information content (AvgIpc) is 2.52. The van der Waals surface area contributed by atoms with E-state index in [9.17, 15) is 9.59 Å². The van der Waals surface area contributed by atoms with E-state index in [1.54, 1.807) is 0 Å². The first-order valence-electron chi connectivity index (χ1n) is 6.77. The van der Waals surface area contributed by atoms with Crippen molar-refractivity contribution in [2.75, 3.05) is 32.1 Å². The molecule has 21 heavy (non-hydrogen) atoms. The Balaban J connectivity index is 1.99. The van der Waals surface area contributed by atoms with E-state index < -0.39 is 0 Å². The molecule has 2 amide bonds. The zero-order chi connectivity index (χ0) is 15.2. The fourth-order valence-corrected chi connectivity index (χ4v) is 2.04. The van der Waals surface area contributed by atoms with Crippen LogP contribution in [0.4, 0.5) is 5.69 Å². The Hall–Kier alpha value is -2.56. The molecule has 0 spiro atoms. The predicted octanol–water partition coefficient (Wildman–Crippen LogP) is 1.14. The highest BCUT2D eigenvalue weighted by Gasteiger charge is 2.09. The van der Waals surface area contributed by atoms with Crippen LogP contribution in [0.25, 0.3) is 10.8 Å². The topological polar surface area (TPSA) is 61.4 Å². The Labute approximate surface area is 123 Å². The van der Waals surface area contributed by atoms with Crippen molar-refractivity contribution in [1.82, 2.24) is 10.6 Å². The Morgan fingerprint density at radius 2 is 1.76 bits per heavy atom. The van der Waals surface area contributed by atoms with Gasteiger partial charge in [0.15, 0.2) is 0 Å². The van der Waals surface area contributed by atoms with Gasteiger partial charge in [0.25, 0.3) is 0 Å². The van der Waals surface area contributed by atoms with Crippen molar-refractivity contribution in [2.24, 2.45) is 0 Å². The molecule has 0 aliphatic heterocycles. The number of nitrogens with zero attached hydrogens (tertiary/aromatic N) is 1. The van der Waals surface area contributed by atoms with E-state index in [1.165, 1.54) is 12.4 Å². The SMILES string of the molecule is CNC(=O)CNC(=O)CN(C)c1ccc2ccccc2c1. The quantitative estimate of drug-likeness (QED) is 0.866. The maximum absolute atomic E-state index is 11.8. The van der Waals surface area contributed by atoms with Crippen molar-refractivity contribution in [2.45, 2.75) is 0 Å². The fourth-order valence-electron chi connectivity index (χ4n) is 2.04. The van der Waals surface area contributed by atoms with E-state index in [-0.39, 0.29) is 24.9 Å². The average molecular weight is 285 g/mol. The molecule has 0 bridgehead atoms. The van der Waals surface area contributed by atoms with Gasteiger partial charge in [-0.3, -0.25) is 9.59 Å². The van der Waals surface area contributed by atoms with Crippen molar-refractivity contribution in [3.63, 3.8) is 0 Å². The van der Waals surface area contributed by atoms with Gasteiger partial charge in [-0.15, -0.1) is 0 Å². The zero-order valence-corrected chi connectivity index (χ0v) is 12.2. The highest BCUT2D eigenvalue weighted by molar-refractivity contribution is 5.89. The summed E-state index contributed by atoms with van der Waals surface area (Å²) in [6, 6.07) is 14.1. The van der Waals surface area contributed by atoms with Crippen molar-refractivity contribution in [3.8, 4) is 0 Å². The monoisotopic (exact) mass is 285 g/mol. The number of carbonyl (C=O) groups is 2. The number of fused-ring (bicyclic) bond motifs is 1. The summed E-state index contributed by atoms with van der Waals surface area (Å²) in [6.45, 7) is 0.205. The lowest BCUT2D eigenvalue weighted by molar-refractivity contribution is -0.125. The minimum atomic E-state index is -0.211. The van der Waals surface area contributed by atoms with Crippen molar-refractivity contribution in [3.05, 3.63) is 42.5 Å². The lowest BCUT2D eigenvalue weighted by Crippen LogP contribution is -2.40. The molecular formula is C16H19N3O2. The standard InChI is InChI=1S/C16H19N3O2/c1-17-15(20)10-18-16(21)11-19(2)14-8-7-12-5-3-4-6-13(12)9-14/h3-9H,10-11H2,1-2H3,(H,17,20)(H,18,21). The molecule has 2 N–H and O–H groups in total. The molecule has 5 nitrogen and oxygen atoms in total. The number of anilines is 1. The second-order valence-electron chi connectivity index (χ2n) is 4.84. The van der Waals surface area contributed by atoms with E-state index in [0.29, 0.717) is 0 Å². The van der Waals surface area contributed by atoms with Crippen LogP contribution in [0.2, 0.25) is 0 Å². The molecular weight excluding hydrogens is 266 g/mol. The van der Waals surface area contributed by atoms with Gasteiger partial charge in [-0.1, -0.05) is 30.3 Å². The van der Waals surface area contributed by atoms with Gasteiger partial charge in [0.2, 0.25) is 11.8 Å². The zero-order valence-electron chi connectivity index (χ0n) is 12.2. The third kappa shape index (κ3) is 3.95. The van der Waals surface area contributed by atoms with Crippen LogP contribution in [0.5, 0.6) is 0 Å². The van der Waals surface area contributed by atoms with E-state index in [2.05, 4.69) is 16.7 Å². The van der Waals surface area contributed by atoms with Crippen LogP contribution in [0.1, 0.15) is 0 Å². The Bertz CT molecular complexity index is 655. The van der Waals surface area contributed by atoms with Gasteiger partial charge in [-0.05, 0) is 22.9 Å². The van der Waals surface area contributed by atoms with Crippen LogP contribution in [0, 0.1) is 0 Å². The lowest BCUT2D eigenvalue weighted by Gasteiger charge is -2.19. The first kappa shape index (κ1) is 14.8. The number of likely N-dealkylation sites (N-methyl/N-ethyl adjacent to an activating group) is 2. The minimum Gasteiger partial charge on any atom is -0.365 e.